The molecule has 2 atom stereocenters. The fourth-order valence-electron chi connectivity index (χ4n) is 3.53. The number of piperidine rings is 1. The van der Waals surface area contributed by atoms with E-state index in [1.807, 2.05) is 4.90 Å². The molecule has 24 heavy (non-hydrogen) atoms. The van der Waals surface area contributed by atoms with Crippen LogP contribution < -0.4 is 0 Å². The number of carboxylic acid groups (broad SMARTS) is 1. The molecule has 0 aliphatic carbocycles. The standard InChI is InChI=1S/C18H28N2O4/c1-3-19(4-2)9-7-15-13-20(10-8-14(15)12-17(21)22)18(23)16-6-5-11-24-16/h5-6,11,14-15H,3-4,7-10,12-13H2,1-2H3,(H,21,22). The summed E-state index contributed by atoms with van der Waals surface area (Å²) in [5, 5.41) is 9.17. The van der Waals surface area contributed by atoms with Crippen molar-refractivity contribution >= 4 is 11.9 Å². The fourth-order valence-corrected chi connectivity index (χ4v) is 3.53. The molecule has 1 amide bonds. The van der Waals surface area contributed by atoms with Crippen molar-refractivity contribution in [2.75, 3.05) is 32.7 Å². The molecule has 0 saturated carbocycles. The van der Waals surface area contributed by atoms with Gasteiger partial charge in [0.25, 0.3) is 5.91 Å². The Balaban J connectivity index is 2.01. The highest BCUT2D eigenvalue weighted by molar-refractivity contribution is 5.91. The van der Waals surface area contributed by atoms with Gasteiger partial charge >= 0.3 is 5.97 Å². The van der Waals surface area contributed by atoms with Crippen LogP contribution in [0.15, 0.2) is 22.8 Å². The minimum Gasteiger partial charge on any atom is -0.481 e. The molecule has 1 saturated heterocycles. The molecule has 1 N–H and O–H groups in total. The number of aliphatic carboxylic acids is 1. The Bertz CT molecular complexity index is 525. The van der Waals surface area contributed by atoms with Gasteiger partial charge in [0, 0.05) is 19.5 Å². The van der Waals surface area contributed by atoms with Crippen LogP contribution in [0.5, 0.6) is 0 Å². The van der Waals surface area contributed by atoms with Crippen LogP contribution in [-0.4, -0.2) is 59.5 Å². The first-order valence-electron chi connectivity index (χ1n) is 8.82. The molecule has 1 aliphatic heterocycles. The predicted octanol–water partition coefficient (Wildman–Crippen LogP) is 2.56. The van der Waals surface area contributed by atoms with Crippen LogP contribution in [0.2, 0.25) is 0 Å². The molecule has 2 rings (SSSR count). The van der Waals surface area contributed by atoms with E-state index in [1.54, 1.807) is 12.1 Å². The average molecular weight is 336 g/mol. The van der Waals surface area contributed by atoms with E-state index in [0.29, 0.717) is 18.8 Å². The van der Waals surface area contributed by atoms with Gasteiger partial charge in [0.2, 0.25) is 0 Å². The second-order valence-electron chi connectivity index (χ2n) is 6.45. The van der Waals surface area contributed by atoms with Crippen LogP contribution in [0.1, 0.15) is 43.7 Å². The van der Waals surface area contributed by atoms with Crippen LogP contribution >= 0.6 is 0 Å². The molecule has 0 spiro atoms. The monoisotopic (exact) mass is 336 g/mol. The molecule has 0 aromatic carbocycles. The minimum atomic E-state index is -0.751. The number of carbonyl (C=O) groups is 2. The third-order valence-electron chi connectivity index (χ3n) is 5.06. The molecule has 1 aromatic rings. The van der Waals surface area contributed by atoms with Crippen LogP contribution in [0.4, 0.5) is 0 Å². The first-order valence-corrected chi connectivity index (χ1v) is 8.82. The lowest BCUT2D eigenvalue weighted by molar-refractivity contribution is -0.139. The first-order chi connectivity index (χ1) is 11.5. The third-order valence-corrected chi connectivity index (χ3v) is 5.06. The number of carboxylic acids is 1. The number of hydrogen-bond donors (Lipinski definition) is 1. The number of amides is 1. The van der Waals surface area contributed by atoms with E-state index in [0.717, 1.165) is 32.5 Å². The van der Waals surface area contributed by atoms with Crippen molar-refractivity contribution in [1.29, 1.82) is 0 Å². The quantitative estimate of drug-likeness (QED) is 0.790. The maximum atomic E-state index is 12.5. The van der Waals surface area contributed by atoms with Crippen molar-refractivity contribution in [1.82, 2.24) is 9.80 Å². The van der Waals surface area contributed by atoms with Gasteiger partial charge in [0.15, 0.2) is 5.76 Å². The van der Waals surface area contributed by atoms with Gasteiger partial charge in [-0.1, -0.05) is 13.8 Å². The molecule has 2 heterocycles. The summed E-state index contributed by atoms with van der Waals surface area (Å²) in [5.41, 5.74) is 0. The van der Waals surface area contributed by atoms with E-state index in [1.165, 1.54) is 6.26 Å². The molecular formula is C18H28N2O4. The topological polar surface area (TPSA) is 74.0 Å². The zero-order valence-corrected chi connectivity index (χ0v) is 14.6. The molecule has 2 unspecified atom stereocenters. The molecule has 1 aromatic heterocycles. The molecule has 0 radical (unpaired) electrons. The van der Waals surface area contributed by atoms with Crippen LogP contribution in [0, 0.1) is 11.8 Å². The van der Waals surface area contributed by atoms with Gasteiger partial charge in [0.05, 0.1) is 6.26 Å². The van der Waals surface area contributed by atoms with Crippen molar-refractivity contribution in [3.8, 4) is 0 Å². The molecule has 0 bridgehead atoms. The Labute approximate surface area is 143 Å². The summed E-state index contributed by atoms with van der Waals surface area (Å²) in [4.78, 5) is 27.8. The Morgan fingerprint density at radius 1 is 1.33 bits per heavy atom. The van der Waals surface area contributed by atoms with Crippen molar-refractivity contribution in [3.63, 3.8) is 0 Å². The Hall–Kier alpha value is -1.82. The van der Waals surface area contributed by atoms with E-state index in [9.17, 15) is 14.7 Å². The molecule has 6 heteroatoms. The second kappa shape index (κ2) is 8.87. The summed E-state index contributed by atoms with van der Waals surface area (Å²) < 4.78 is 5.21. The van der Waals surface area contributed by atoms with Crippen LogP contribution in [0.25, 0.3) is 0 Å². The van der Waals surface area contributed by atoms with E-state index in [-0.39, 0.29) is 24.2 Å². The molecular weight excluding hydrogens is 308 g/mol. The summed E-state index contributed by atoms with van der Waals surface area (Å²) in [7, 11) is 0. The molecule has 1 aliphatic rings. The number of nitrogens with zero attached hydrogens (tertiary/aromatic N) is 2. The molecule has 134 valence electrons. The second-order valence-corrected chi connectivity index (χ2v) is 6.45. The molecule has 6 nitrogen and oxygen atoms in total. The Morgan fingerprint density at radius 3 is 2.67 bits per heavy atom. The summed E-state index contributed by atoms with van der Waals surface area (Å²) >= 11 is 0. The van der Waals surface area contributed by atoms with E-state index >= 15 is 0 Å². The largest absolute Gasteiger partial charge is 0.481 e. The van der Waals surface area contributed by atoms with Crippen molar-refractivity contribution in [2.24, 2.45) is 11.8 Å². The number of hydrogen-bond acceptors (Lipinski definition) is 4. The van der Waals surface area contributed by atoms with Crippen LogP contribution in [-0.2, 0) is 4.79 Å². The maximum Gasteiger partial charge on any atom is 0.303 e. The number of likely N-dealkylation sites (tertiary alicyclic amines) is 1. The van der Waals surface area contributed by atoms with E-state index < -0.39 is 5.97 Å². The summed E-state index contributed by atoms with van der Waals surface area (Å²) in [6.07, 6.45) is 3.34. The lowest BCUT2D eigenvalue weighted by Crippen LogP contribution is -2.45. The van der Waals surface area contributed by atoms with E-state index in [4.69, 9.17) is 4.42 Å². The molecule has 1 fully saturated rings. The zero-order chi connectivity index (χ0) is 17.5. The van der Waals surface area contributed by atoms with Crippen molar-refractivity contribution in [3.05, 3.63) is 24.2 Å². The number of furan rings is 1. The van der Waals surface area contributed by atoms with Gasteiger partial charge < -0.3 is 19.3 Å². The van der Waals surface area contributed by atoms with E-state index in [2.05, 4.69) is 18.7 Å². The lowest BCUT2D eigenvalue weighted by atomic mass is 9.81. The smallest absolute Gasteiger partial charge is 0.303 e. The normalized spacial score (nSPS) is 21.2. The lowest BCUT2D eigenvalue weighted by Gasteiger charge is -2.38. The van der Waals surface area contributed by atoms with Gasteiger partial charge in [0.1, 0.15) is 0 Å². The Morgan fingerprint density at radius 2 is 2.08 bits per heavy atom. The summed E-state index contributed by atoms with van der Waals surface area (Å²) in [6.45, 7) is 8.38. The zero-order valence-electron chi connectivity index (χ0n) is 14.6. The SMILES string of the molecule is CCN(CC)CCC1CN(C(=O)c2ccco2)CCC1CC(=O)O. The van der Waals surface area contributed by atoms with Crippen molar-refractivity contribution in [2.45, 2.75) is 33.1 Å². The highest BCUT2D eigenvalue weighted by atomic mass is 16.4. The fraction of sp³-hybridized carbons (Fsp3) is 0.667. The highest BCUT2D eigenvalue weighted by Gasteiger charge is 2.33. The van der Waals surface area contributed by atoms with Gasteiger partial charge in [-0.15, -0.1) is 0 Å². The summed E-state index contributed by atoms with van der Waals surface area (Å²) in [5.74, 6) is -0.137. The Kier molecular flexibility index (Phi) is 6.85. The summed E-state index contributed by atoms with van der Waals surface area (Å²) in [6, 6.07) is 3.39. The van der Waals surface area contributed by atoms with Crippen LogP contribution in [0.3, 0.4) is 0 Å². The number of rotatable bonds is 8. The minimum absolute atomic E-state index is 0.0957. The highest BCUT2D eigenvalue weighted by Crippen LogP contribution is 2.30. The predicted molar refractivity (Wildman–Crippen MR) is 90.9 cm³/mol. The van der Waals surface area contributed by atoms with Crippen molar-refractivity contribution < 1.29 is 19.1 Å². The van der Waals surface area contributed by atoms with Gasteiger partial charge in [-0.25, -0.2) is 0 Å². The number of carbonyl (C=O) groups excluding carboxylic acids is 1. The van der Waals surface area contributed by atoms with Gasteiger partial charge in [-0.3, -0.25) is 9.59 Å². The van der Waals surface area contributed by atoms with Gasteiger partial charge in [-0.05, 0) is 56.4 Å². The average Bonchev–Trinajstić information content (AvgIpc) is 3.10. The van der Waals surface area contributed by atoms with Gasteiger partial charge in [-0.2, -0.15) is 0 Å². The third kappa shape index (κ3) is 4.84. The first kappa shape index (κ1) is 18.5. The maximum absolute atomic E-state index is 12.5.